The van der Waals surface area contributed by atoms with Crippen molar-refractivity contribution in [3.8, 4) is 0 Å². The Hall–Kier alpha value is -2.17. The van der Waals surface area contributed by atoms with Crippen LogP contribution in [0, 0.1) is 0 Å². The van der Waals surface area contributed by atoms with E-state index in [2.05, 4.69) is 32.5 Å². The molecule has 0 aromatic carbocycles. The first-order chi connectivity index (χ1) is 9.88. The van der Waals surface area contributed by atoms with Crippen LogP contribution in [-0.2, 0) is 6.54 Å². The van der Waals surface area contributed by atoms with Crippen LogP contribution in [0.15, 0.2) is 36.8 Å². The molecule has 0 unspecified atom stereocenters. The molecule has 0 aliphatic rings. The summed E-state index contributed by atoms with van der Waals surface area (Å²) in [6.07, 6.45) is 6.99. The lowest BCUT2D eigenvalue weighted by molar-refractivity contribution is 0.742. The molecule has 2 aromatic rings. The maximum absolute atomic E-state index is 4.26. The van der Waals surface area contributed by atoms with E-state index >= 15 is 0 Å². The summed E-state index contributed by atoms with van der Waals surface area (Å²) in [5, 5.41) is 6.56. The van der Waals surface area contributed by atoms with Gasteiger partial charge in [-0.25, -0.2) is 9.97 Å². The third kappa shape index (κ3) is 4.84. The van der Waals surface area contributed by atoms with Gasteiger partial charge in [0, 0.05) is 18.8 Å². The van der Waals surface area contributed by atoms with Crippen molar-refractivity contribution in [1.29, 1.82) is 0 Å². The zero-order chi connectivity index (χ0) is 14.0. The highest BCUT2D eigenvalue weighted by molar-refractivity contribution is 5.46. The molecule has 2 N–H and O–H groups in total. The van der Waals surface area contributed by atoms with E-state index in [1.807, 2.05) is 24.3 Å². The molecule has 0 bridgehead atoms. The minimum Gasteiger partial charge on any atom is -0.370 e. The van der Waals surface area contributed by atoms with Gasteiger partial charge in [0.05, 0.1) is 12.2 Å². The third-order valence-corrected chi connectivity index (χ3v) is 2.93. The van der Waals surface area contributed by atoms with Crippen LogP contribution >= 0.6 is 0 Å². The summed E-state index contributed by atoms with van der Waals surface area (Å²) in [6.45, 7) is 3.81. The lowest BCUT2D eigenvalue weighted by atomic mass is 10.2. The molecule has 5 heteroatoms. The molecule has 106 valence electrons. The number of aromatic nitrogens is 3. The van der Waals surface area contributed by atoms with Crippen LogP contribution in [0.1, 0.15) is 31.9 Å². The second-order valence-corrected chi connectivity index (χ2v) is 4.60. The third-order valence-electron chi connectivity index (χ3n) is 2.93. The Morgan fingerprint density at radius 2 is 1.85 bits per heavy atom. The molecular formula is C15H21N5. The molecule has 0 saturated carbocycles. The highest BCUT2D eigenvalue weighted by Crippen LogP contribution is 2.10. The molecule has 0 aliphatic heterocycles. The van der Waals surface area contributed by atoms with Gasteiger partial charge in [-0.3, -0.25) is 4.98 Å². The molecule has 5 nitrogen and oxygen atoms in total. The van der Waals surface area contributed by atoms with Crippen molar-refractivity contribution >= 4 is 11.6 Å². The number of unbranched alkanes of at least 4 members (excludes halogenated alkanes) is 2. The monoisotopic (exact) mass is 271 g/mol. The lowest BCUT2D eigenvalue weighted by Gasteiger charge is -2.08. The molecule has 2 aromatic heterocycles. The summed E-state index contributed by atoms with van der Waals surface area (Å²) in [5.41, 5.74) is 0.989. The zero-order valence-corrected chi connectivity index (χ0v) is 11.8. The van der Waals surface area contributed by atoms with E-state index < -0.39 is 0 Å². The Bertz CT molecular complexity index is 501. The first kappa shape index (κ1) is 14.2. The number of pyridine rings is 1. The number of rotatable bonds is 8. The number of nitrogens with zero attached hydrogens (tertiary/aromatic N) is 3. The number of hydrogen-bond donors (Lipinski definition) is 2. The van der Waals surface area contributed by atoms with Crippen molar-refractivity contribution in [1.82, 2.24) is 15.0 Å². The van der Waals surface area contributed by atoms with Crippen molar-refractivity contribution in [3.05, 3.63) is 42.5 Å². The van der Waals surface area contributed by atoms with Gasteiger partial charge < -0.3 is 10.6 Å². The predicted octanol–water partition coefficient (Wildman–Crippen LogP) is 3.09. The van der Waals surface area contributed by atoms with Crippen LogP contribution in [0.3, 0.4) is 0 Å². The summed E-state index contributed by atoms with van der Waals surface area (Å²) in [6, 6.07) is 7.80. The van der Waals surface area contributed by atoms with E-state index in [4.69, 9.17) is 0 Å². The van der Waals surface area contributed by atoms with Crippen LogP contribution in [0.4, 0.5) is 11.6 Å². The fourth-order valence-corrected chi connectivity index (χ4v) is 1.83. The zero-order valence-electron chi connectivity index (χ0n) is 11.8. The van der Waals surface area contributed by atoms with E-state index in [0.717, 1.165) is 30.3 Å². The minimum atomic E-state index is 0.660. The lowest BCUT2D eigenvalue weighted by Crippen LogP contribution is -2.06. The maximum atomic E-state index is 4.26. The van der Waals surface area contributed by atoms with Gasteiger partial charge >= 0.3 is 0 Å². The van der Waals surface area contributed by atoms with Crippen molar-refractivity contribution in [2.75, 3.05) is 17.2 Å². The molecule has 2 rings (SSSR count). The highest BCUT2D eigenvalue weighted by atomic mass is 15.1. The fraction of sp³-hybridized carbons (Fsp3) is 0.400. The second kappa shape index (κ2) is 8.09. The predicted molar refractivity (Wildman–Crippen MR) is 81.6 cm³/mol. The van der Waals surface area contributed by atoms with E-state index in [-0.39, 0.29) is 0 Å². The number of hydrogen-bond acceptors (Lipinski definition) is 5. The van der Waals surface area contributed by atoms with Gasteiger partial charge in [-0.05, 0) is 18.6 Å². The highest BCUT2D eigenvalue weighted by Gasteiger charge is 1.99. The quantitative estimate of drug-likeness (QED) is 0.722. The average molecular weight is 271 g/mol. The molecule has 2 heterocycles. The largest absolute Gasteiger partial charge is 0.370 e. The van der Waals surface area contributed by atoms with Crippen molar-refractivity contribution in [2.24, 2.45) is 0 Å². The summed E-state index contributed by atoms with van der Waals surface area (Å²) in [5.74, 6) is 1.67. The summed E-state index contributed by atoms with van der Waals surface area (Å²) in [7, 11) is 0. The van der Waals surface area contributed by atoms with Gasteiger partial charge in [0.2, 0.25) is 0 Å². The molecule has 0 saturated heterocycles. The molecule has 0 spiro atoms. The maximum Gasteiger partial charge on any atom is 0.131 e. The van der Waals surface area contributed by atoms with Crippen molar-refractivity contribution in [2.45, 2.75) is 32.7 Å². The molecular weight excluding hydrogens is 250 g/mol. The fourth-order valence-electron chi connectivity index (χ4n) is 1.83. The smallest absolute Gasteiger partial charge is 0.131 e. The topological polar surface area (TPSA) is 62.7 Å². The van der Waals surface area contributed by atoms with Crippen molar-refractivity contribution < 1.29 is 0 Å². The summed E-state index contributed by atoms with van der Waals surface area (Å²) >= 11 is 0. The molecule has 20 heavy (non-hydrogen) atoms. The normalized spacial score (nSPS) is 10.2. The molecule has 0 fully saturated rings. The van der Waals surface area contributed by atoms with Crippen LogP contribution in [0.25, 0.3) is 0 Å². The van der Waals surface area contributed by atoms with Gasteiger partial charge in [0.25, 0.3) is 0 Å². The summed E-state index contributed by atoms with van der Waals surface area (Å²) < 4.78 is 0. The Morgan fingerprint density at radius 1 is 1.00 bits per heavy atom. The van der Waals surface area contributed by atoms with Crippen LogP contribution in [-0.4, -0.2) is 21.5 Å². The molecule has 0 radical (unpaired) electrons. The van der Waals surface area contributed by atoms with Crippen LogP contribution in [0.2, 0.25) is 0 Å². The van der Waals surface area contributed by atoms with Gasteiger partial charge in [0.1, 0.15) is 18.0 Å². The standard InChI is InChI=1S/C15H21N5/c1-2-3-5-9-17-14-10-15(20-12-19-14)18-11-13-7-4-6-8-16-13/h4,6-8,10,12H,2-3,5,9,11H2,1H3,(H2,17,18,19,20). The SMILES string of the molecule is CCCCCNc1cc(NCc2ccccn2)ncn1. The van der Waals surface area contributed by atoms with Gasteiger partial charge in [-0.1, -0.05) is 25.8 Å². The van der Waals surface area contributed by atoms with E-state index in [9.17, 15) is 0 Å². The van der Waals surface area contributed by atoms with Gasteiger partial charge in [-0.2, -0.15) is 0 Å². The van der Waals surface area contributed by atoms with E-state index in [1.165, 1.54) is 12.8 Å². The van der Waals surface area contributed by atoms with Gasteiger partial charge in [-0.15, -0.1) is 0 Å². The molecule has 0 amide bonds. The van der Waals surface area contributed by atoms with Gasteiger partial charge in [0.15, 0.2) is 0 Å². The Morgan fingerprint density at radius 3 is 2.60 bits per heavy atom. The first-order valence-electron chi connectivity index (χ1n) is 7.08. The Labute approximate surface area is 119 Å². The second-order valence-electron chi connectivity index (χ2n) is 4.60. The number of anilines is 2. The Balaban J connectivity index is 1.83. The van der Waals surface area contributed by atoms with E-state index in [1.54, 1.807) is 12.5 Å². The minimum absolute atomic E-state index is 0.660. The van der Waals surface area contributed by atoms with Crippen LogP contribution in [0.5, 0.6) is 0 Å². The number of nitrogens with one attached hydrogen (secondary N) is 2. The van der Waals surface area contributed by atoms with E-state index in [0.29, 0.717) is 6.54 Å². The Kier molecular flexibility index (Phi) is 5.76. The van der Waals surface area contributed by atoms with Crippen molar-refractivity contribution in [3.63, 3.8) is 0 Å². The van der Waals surface area contributed by atoms with Crippen LogP contribution < -0.4 is 10.6 Å². The molecule has 0 atom stereocenters. The first-order valence-corrected chi connectivity index (χ1v) is 7.08. The summed E-state index contributed by atoms with van der Waals surface area (Å²) in [4.78, 5) is 12.7. The average Bonchev–Trinajstić information content (AvgIpc) is 2.51. The molecule has 0 aliphatic carbocycles.